The van der Waals surface area contributed by atoms with Crippen LogP contribution in [0.1, 0.15) is 37.6 Å². The summed E-state index contributed by atoms with van der Waals surface area (Å²) in [5, 5.41) is 0. The number of rotatable bonds is 4. The van der Waals surface area contributed by atoms with Crippen molar-refractivity contribution in [1.82, 2.24) is 4.90 Å². The molecule has 2 nitrogen and oxygen atoms in total. The highest BCUT2D eigenvalue weighted by Crippen LogP contribution is 2.18. The summed E-state index contributed by atoms with van der Waals surface area (Å²) in [4.78, 5) is 14.4. The first-order valence-electron chi connectivity index (χ1n) is 6.08. The molecule has 0 saturated heterocycles. The van der Waals surface area contributed by atoms with Gasteiger partial charge in [0.15, 0.2) is 0 Å². The minimum Gasteiger partial charge on any atom is -0.339 e. The van der Waals surface area contributed by atoms with Crippen molar-refractivity contribution in [3.8, 4) is 0 Å². The van der Waals surface area contributed by atoms with Crippen LogP contribution in [0.15, 0.2) is 23.1 Å². The van der Waals surface area contributed by atoms with E-state index in [0.29, 0.717) is 10.8 Å². The highest BCUT2D eigenvalue weighted by molar-refractivity contribution is 7.80. The molecule has 0 aliphatic carbocycles. The maximum absolute atomic E-state index is 13.6. The summed E-state index contributed by atoms with van der Waals surface area (Å²) in [5.41, 5.74) is 0.0839. The van der Waals surface area contributed by atoms with Crippen LogP contribution in [0.2, 0.25) is 0 Å². The van der Waals surface area contributed by atoms with Gasteiger partial charge in [0, 0.05) is 18.0 Å². The fourth-order valence-corrected chi connectivity index (χ4v) is 2.11. The van der Waals surface area contributed by atoms with Gasteiger partial charge in [0.2, 0.25) is 0 Å². The van der Waals surface area contributed by atoms with E-state index in [2.05, 4.69) is 26.5 Å². The summed E-state index contributed by atoms with van der Waals surface area (Å²) in [6, 6.07) is 4.36. The van der Waals surface area contributed by atoms with E-state index < -0.39 is 5.82 Å². The van der Waals surface area contributed by atoms with Crippen LogP contribution in [0.25, 0.3) is 0 Å². The second-order valence-corrected chi connectivity index (χ2v) is 5.58. The fourth-order valence-electron chi connectivity index (χ4n) is 1.91. The van der Waals surface area contributed by atoms with Gasteiger partial charge in [-0.25, -0.2) is 4.39 Å². The van der Waals surface area contributed by atoms with Gasteiger partial charge in [-0.2, -0.15) is 0 Å². The van der Waals surface area contributed by atoms with Crippen LogP contribution in [0.4, 0.5) is 4.39 Å². The average molecular weight is 269 g/mol. The van der Waals surface area contributed by atoms with E-state index in [1.807, 2.05) is 6.92 Å². The molecule has 0 heterocycles. The van der Waals surface area contributed by atoms with Crippen LogP contribution in [0, 0.1) is 11.7 Å². The third-order valence-corrected chi connectivity index (χ3v) is 3.25. The number of benzene rings is 1. The molecule has 1 rings (SSSR count). The molecule has 18 heavy (non-hydrogen) atoms. The Morgan fingerprint density at radius 3 is 2.56 bits per heavy atom. The minimum absolute atomic E-state index is 0.0838. The van der Waals surface area contributed by atoms with E-state index in [1.165, 1.54) is 18.2 Å². The molecule has 1 atom stereocenters. The predicted octanol–water partition coefficient (Wildman–Crippen LogP) is 3.62. The largest absolute Gasteiger partial charge is 0.339 e. The molecular weight excluding hydrogens is 249 g/mol. The van der Waals surface area contributed by atoms with Crippen molar-refractivity contribution in [2.24, 2.45) is 5.92 Å². The predicted molar refractivity (Wildman–Crippen MR) is 74.7 cm³/mol. The van der Waals surface area contributed by atoms with Gasteiger partial charge in [0.05, 0.1) is 5.56 Å². The molecular formula is C14H20FNOS. The number of amides is 1. The Labute approximate surface area is 114 Å². The molecule has 0 N–H and O–H groups in total. The van der Waals surface area contributed by atoms with Crippen molar-refractivity contribution in [2.45, 2.75) is 38.1 Å². The standard InChI is InChI=1S/C14H20FNOS/c1-9(2)7-10(3)16(4)14(17)12-8-11(18)5-6-13(12)15/h5-6,8-10,18H,7H2,1-4H3. The van der Waals surface area contributed by atoms with Gasteiger partial charge < -0.3 is 4.90 Å². The van der Waals surface area contributed by atoms with Gasteiger partial charge in [-0.3, -0.25) is 4.79 Å². The van der Waals surface area contributed by atoms with E-state index in [-0.39, 0.29) is 17.5 Å². The zero-order valence-electron chi connectivity index (χ0n) is 11.3. The van der Waals surface area contributed by atoms with Crippen LogP contribution in [-0.4, -0.2) is 23.9 Å². The van der Waals surface area contributed by atoms with Gasteiger partial charge in [0.1, 0.15) is 5.82 Å². The smallest absolute Gasteiger partial charge is 0.256 e. The zero-order valence-corrected chi connectivity index (χ0v) is 12.2. The van der Waals surface area contributed by atoms with Crippen molar-refractivity contribution >= 4 is 18.5 Å². The van der Waals surface area contributed by atoms with Crippen LogP contribution in [0.5, 0.6) is 0 Å². The van der Waals surface area contributed by atoms with Crippen molar-refractivity contribution in [2.75, 3.05) is 7.05 Å². The quantitative estimate of drug-likeness (QED) is 0.828. The van der Waals surface area contributed by atoms with Gasteiger partial charge in [-0.05, 0) is 37.5 Å². The average Bonchev–Trinajstić information content (AvgIpc) is 2.29. The van der Waals surface area contributed by atoms with Crippen molar-refractivity contribution in [3.63, 3.8) is 0 Å². The molecule has 0 aliphatic rings. The molecule has 0 radical (unpaired) electrons. The molecule has 0 aromatic heterocycles. The first kappa shape index (κ1) is 15.0. The molecule has 1 amide bonds. The Morgan fingerprint density at radius 2 is 2.00 bits per heavy atom. The second-order valence-electron chi connectivity index (χ2n) is 5.06. The molecule has 0 spiro atoms. The lowest BCUT2D eigenvalue weighted by atomic mass is 10.0. The van der Waals surface area contributed by atoms with E-state index in [4.69, 9.17) is 0 Å². The first-order valence-corrected chi connectivity index (χ1v) is 6.53. The van der Waals surface area contributed by atoms with Crippen LogP contribution < -0.4 is 0 Å². The number of hydrogen-bond acceptors (Lipinski definition) is 2. The zero-order chi connectivity index (χ0) is 13.9. The molecule has 0 bridgehead atoms. The van der Waals surface area contributed by atoms with E-state index in [9.17, 15) is 9.18 Å². The van der Waals surface area contributed by atoms with E-state index in [1.54, 1.807) is 11.9 Å². The number of thiol groups is 1. The summed E-state index contributed by atoms with van der Waals surface area (Å²) >= 11 is 4.13. The third kappa shape index (κ3) is 3.73. The number of hydrogen-bond donors (Lipinski definition) is 1. The Morgan fingerprint density at radius 1 is 1.39 bits per heavy atom. The number of nitrogens with zero attached hydrogens (tertiary/aromatic N) is 1. The summed E-state index contributed by atoms with van der Waals surface area (Å²) in [6.45, 7) is 6.17. The molecule has 100 valence electrons. The van der Waals surface area contributed by atoms with Crippen molar-refractivity contribution in [3.05, 3.63) is 29.6 Å². The Bertz CT molecular complexity index is 434. The Balaban J connectivity index is 2.89. The Kier molecular flexibility index (Phi) is 5.20. The van der Waals surface area contributed by atoms with Crippen LogP contribution in [-0.2, 0) is 0 Å². The lowest BCUT2D eigenvalue weighted by Gasteiger charge is -2.26. The van der Waals surface area contributed by atoms with Gasteiger partial charge in [0.25, 0.3) is 5.91 Å². The Hall–Kier alpha value is -1.03. The molecule has 0 saturated carbocycles. The molecule has 1 aromatic carbocycles. The molecule has 4 heteroatoms. The first-order chi connectivity index (χ1) is 8.32. The van der Waals surface area contributed by atoms with Gasteiger partial charge >= 0.3 is 0 Å². The summed E-state index contributed by atoms with van der Waals surface area (Å²) in [5.74, 6) is -0.297. The summed E-state index contributed by atoms with van der Waals surface area (Å²) < 4.78 is 13.6. The normalized spacial score (nSPS) is 12.6. The van der Waals surface area contributed by atoms with E-state index in [0.717, 1.165) is 6.42 Å². The van der Waals surface area contributed by atoms with Crippen LogP contribution in [0.3, 0.4) is 0 Å². The van der Waals surface area contributed by atoms with Gasteiger partial charge in [-0.15, -0.1) is 12.6 Å². The maximum Gasteiger partial charge on any atom is 0.256 e. The van der Waals surface area contributed by atoms with Gasteiger partial charge in [-0.1, -0.05) is 13.8 Å². The number of carbonyl (C=O) groups excluding carboxylic acids is 1. The molecule has 1 unspecified atom stereocenters. The van der Waals surface area contributed by atoms with Crippen molar-refractivity contribution < 1.29 is 9.18 Å². The maximum atomic E-state index is 13.6. The molecule has 1 aromatic rings. The highest BCUT2D eigenvalue weighted by atomic mass is 32.1. The third-order valence-electron chi connectivity index (χ3n) is 2.97. The van der Waals surface area contributed by atoms with E-state index >= 15 is 0 Å². The van der Waals surface area contributed by atoms with Crippen LogP contribution >= 0.6 is 12.6 Å². The highest BCUT2D eigenvalue weighted by Gasteiger charge is 2.21. The minimum atomic E-state index is -0.499. The topological polar surface area (TPSA) is 20.3 Å². The SMILES string of the molecule is CC(C)CC(C)N(C)C(=O)c1cc(S)ccc1F. The lowest BCUT2D eigenvalue weighted by Crippen LogP contribution is -2.36. The van der Waals surface area contributed by atoms with Crippen molar-refractivity contribution in [1.29, 1.82) is 0 Å². The molecule has 0 aliphatic heterocycles. The molecule has 0 fully saturated rings. The number of carbonyl (C=O) groups is 1. The lowest BCUT2D eigenvalue weighted by molar-refractivity contribution is 0.0723. The second kappa shape index (κ2) is 6.23. The fraction of sp³-hybridized carbons (Fsp3) is 0.500. The summed E-state index contributed by atoms with van der Waals surface area (Å²) in [6.07, 6.45) is 0.893. The monoisotopic (exact) mass is 269 g/mol. The number of halogens is 1. The summed E-state index contributed by atoms with van der Waals surface area (Å²) in [7, 11) is 1.71.